The van der Waals surface area contributed by atoms with Crippen LogP contribution in [0.4, 0.5) is 0 Å². The Morgan fingerprint density at radius 2 is 2.19 bits per heavy atom. The van der Waals surface area contributed by atoms with Gasteiger partial charge in [0, 0.05) is 28.1 Å². The van der Waals surface area contributed by atoms with Gasteiger partial charge in [0.25, 0.3) is 0 Å². The van der Waals surface area contributed by atoms with Crippen LogP contribution in [0.3, 0.4) is 0 Å². The molecule has 0 heterocycles. The number of likely N-dealkylation sites (N-methyl/N-ethyl adjacent to an activating group) is 1. The van der Waals surface area contributed by atoms with Gasteiger partial charge in [-0.25, -0.2) is 0 Å². The van der Waals surface area contributed by atoms with E-state index in [1.807, 2.05) is 12.1 Å². The first-order valence-corrected chi connectivity index (χ1v) is 8.92. The summed E-state index contributed by atoms with van der Waals surface area (Å²) in [4.78, 5) is 2.42. The zero-order valence-electron chi connectivity index (χ0n) is 13.3. The normalized spacial score (nSPS) is 26.3. The fourth-order valence-corrected chi connectivity index (χ4v) is 4.27. The minimum absolute atomic E-state index is 0.302. The predicted octanol–water partition coefficient (Wildman–Crippen LogP) is 4.70. The Labute approximate surface area is 142 Å². The highest BCUT2D eigenvalue weighted by atomic mass is 79.9. The van der Waals surface area contributed by atoms with Crippen LogP contribution in [-0.2, 0) is 6.54 Å². The van der Waals surface area contributed by atoms with Crippen LogP contribution < -0.4 is 5.32 Å². The van der Waals surface area contributed by atoms with Crippen molar-refractivity contribution in [3.05, 3.63) is 33.3 Å². The van der Waals surface area contributed by atoms with Crippen molar-refractivity contribution in [3.8, 4) is 0 Å². The summed E-state index contributed by atoms with van der Waals surface area (Å²) in [5.74, 6) is 0.824. The number of benzene rings is 1. The Bertz CT molecular complexity index is 478. The topological polar surface area (TPSA) is 15.3 Å². The molecule has 21 heavy (non-hydrogen) atoms. The Morgan fingerprint density at radius 1 is 1.43 bits per heavy atom. The summed E-state index contributed by atoms with van der Waals surface area (Å²) in [5.41, 5.74) is 1.56. The lowest BCUT2D eigenvalue weighted by Gasteiger charge is -2.45. The summed E-state index contributed by atoms with van der Waals surface area (Å²) in [6.07, 6.45) is 5.29. The molecular weight excluding hydrogens is 348 g/mol. The predicted molar refractivity (Wildman–Crippen MR) is 94.9 cm³/mol. The molecule has 1 aromatic rings. The second-order valence-electron chi connectivity index (χ2n) is 6.66. The number of nitrogens with one attached hydrogen (secondary N) is 1. The van der Waals surface area contributed by atoms with Crippen molar-refractivity contribution in [1.29, 1.82) is 0 Å². The Balaban J connectivity index is 1.96. The molecular formula is C17H26BrClN2. The van der Waals surface area contributed by atoms with Crippen molar-refractivity contribution in [3.63, 3.8) is 0 Å². The fraction of sp³-hybridized carbons (Fsp3) is 0.647. The molecule has 2 unspecified atom stereocenters. The smallest absolute Gasteiger partial charge is 0.0417 e. The lowest BCUT2D eigenvalue weighted by Crippen LogP contribution is -2.54. The van der Waals surface area contributed by atoms with Crippen LogP contribution in [0, 0.1) is 5.92 Å². The molecule has 1 saturated carbocycles. The molecule has 2 nitrogen and oxygen atoms in total. The van der Waals surface area contributed by atoms with E-state index >= 15 is 0 Å². The SMILES string of the molecule is CC1CCCC(CNCc2ccc(Cl)cc2Br)(N(C)C)C1. The average Bonchev–Trinajstić information content (AvgIpc) is 2.41. The van der Waals surface area contributed by atoms with Gasteiger partial charge < -0.3 is 10.2 Å². The van der Waals surface area contributed by atoms with Crippen LogP contribution >= 0.6 is 27.5 Å². The molecule has 0 radical (unpaired) electrons. The first-order valence-electron chi connectivity index (χ1n) is 7.75. The highest BCUT2D eigenvalue weighted by Gasteiger charge is 2.36. The van der Waals surface area contributed by atoms with E-state index in [9.17, 15) is 0 Å². The third-order valence-electron chi connectivity index (χ3n) is 4.80. The van der Waals surface area contributed by atoms with Gasteiger partial charge in [-0.15, -0.1) is 0 Å². The van der Waals surface area contributed by atoms with E-state index in [2.05, 4.69) is 53.2 Å². The summed E-state index contributed by atoms with van der Waals surface area (Å²) in [6.45, 7) is 4.30. The Morgan fingerprint density at radius 3 is 2.81 bits per heavy atom. The average molecular weight is 374 g/mol. The molecule has 0 bridgehead atoms. The van der Waals surface area contributed by atoms with Gasteiger partial charge in [0.2, 0.25) is 0 Å². The lowest BCUT2D eigenvalue weighted by atomic mass is 9.75. The van der Waals surface area contributed by atoms with Crippen molar-refractivity contribution in [1.82, 2.24) is 10.2 Å². The number of nitrogens with zero attached hydrogens (tertiary/aromatic N) is 1. The van der Waals surface area contributed by atoms with Crippen LogP contribution in [0.15, 0.2) is 22.7 Å². The second kappa shape index (κ2) is 7.45. The molecule has 4 heteroatoms. The van der Waals surface area contributed by atoms with Crippen LogP contribution in [0.2, 0.25) is 5.02 Å². The molecule has 1 N–H and O–H groups in total. The van der Waals surface area contributed by atoms with Gasteiger partial charge in [0.15, 0.2) is 0 Å². The lowest BCUT2D eigenvalue weighted by molar-refractivity contribution is 0.0749. The van der Waals surface area contributed by atoms with E-state index in [-0.39, 0.29) is 0 Å². The third kappa shape index (κ3) is 4.44. The van der Waals surface area contributed by atoms with Gasteiger partial charge >= 0.3 is 0 Å². The van der Waals surface area contributed by atoms with Crippen LogP contribution in [0.1, 0.15) is 38.2 Å². The van der Waals surface area contributed by atoms with Gasteiger partial charge in [0.05, 0.1) is 0 Å². The molecule has 1 fully saturated rings. The minimum Gasteiger partial charge on any atom is -0.311 e. The largest absolute Gasteiger partial charge is 0.311 e. The molecule has 0 amide bonds. The van der Waals surface area contributed by atoms with Crippen molar-refractivity contribution in [2.24, 2.45) is 5.92 Å². The molecule has 0 spiro atoms. The molecule has 2 rings (SSSR count). The van der Waals surface area contributed by atoms with Gasteiger partial charge in [-0.2, -0.15) is 0 Å². The maximum Gasteiger partial charge on any atom is 0.0417 e. The molecule has 2 atom stereocenters. The fourth-order valence-electron chi connectivity index (χ4n) is 3.45. The van der Waals surface area contributed by atoms with Gasteiger partial charge in [-0.1, -0.05) is 53.4 Å². The van der Waals surface area contributed by atoms with Crippen molar-refractivity contribution < 1.29 is 0 Å². The number of rotatable bonds is 5. The first-order chi connectivity index (χ1) is 9.93. The quantitative estimate of drug-likeness (QED) is 0.804. The van der Waals surface area contributed by atoms with Gasteiger partial charge in [-0.3, -0.25) is 0 Å². The Hall–Kier alpha value is -0.0900. The van der Waals surface area contributed by atoms with Crippen LogP contribution in [0.5, 0.6) is 0 Å². The van der Waals surface area contributed by atoms with Crippen molar-refractivity contribution in [2.45, 2.75) is 44.7 Å². The van der Waals surface area contributed by atoms with E-state index in [1.165, 1.54) is 31.2 Å². The summed E-state index contributed by atoms with van der Waals surface area (Å²) in [6, 6.07) is 6.00. The summed E-state index contributed by atoms with van der Waals surface area (Å²) < 4.78 is 1.08. The third-order valence-corrected chi connectivity index (χ3v) is 5.77. The molecule has 118 valence electrons. The number of hydrogen-bond donors (Lipinski definition) is 1. The van der Waals surface area contributed by atoms with Crippen LogP contribution in [0.25, 0.3) is 0 Å². The van der Waals surface area contributed by atoms with Crippen LogP contribution in [-0.4, -0.2) is 31.1 Å². The molecule has 1 aliphatic carbocycles. The molecule has 0 saturated heterocycles. The van der Waals surface area contributed by atoms with Gasteiger partial charge in [-0.05, 0) is 50.6 Å². The molecule has 0 aliphatic heterocycles. The number of halogens is 2. The first kappa shape index (κ1) is 17.3. The highest BCUT2D eigenvalue weighted by Crippen LogP contribution is 2.35. The summed E-state index contributed by atoms with van der Waals surface area (Å²) in [7, 11) is 4.44. The maximum absolute atomic E-state index is 6.00. The molecule has 1 aromatic carbocycles. The van der Waals surface area contributed by atoms with E-state index in [0.29, 0.717) is 5.54 Å². The monoisotopic (exact) mass is 372 g/mol. The van der Waals surface area contributed by atoms with E-state index in [0.717, 1.165) is 28.5 Å². The van der Waals surface area contributed by atoms with E-state index < -0.39 is 0 Å². The summed E-state index contributed by atoms with van der Waals surface area (Å²) in [5, 5.41) is 4.43. The van der Waals surface area contributed by atoms with Crippen molar-refractivity contribution in [2.75, 3.05) is 20.6 Å². The number of hydrogen-bond acceptors (Lipinski definition) is 2. The molecule has 1 aliphatic rings. The van der Waals surface area contributed by atoms with E-state index in [4.69, 9.17) is 11.6 Å². The van der Waals surface area contributed by atoms with Gasteiger partial charge in [0.1, 0.15) is 0 Å². The zero-order chi connectivity index (χ0) is 15.5. The minimum atomic E-state index is 0.302. The zero-order valence-corrected chi connectivity index (χ0v) is 15.6. The maximum atomic E-state index is 6.00. The van der Waals surface area contributed by atoms with Crippen molar-refractivity contribution >= 4 is 27.5 Å². The molecule has 0 aromatic heterocycles. The summed E-state index contributed by atoms with van der Waals surface area (Å²) >= 11 is 9.59. The standard InChI is InChI=1S/C17H26BrClN2/c1-13-5-4-8-17(10-13,21(2)3)12-20-11-14-6-7-15(19)9-16(14)18/h6-7,9,13,20H,4-5,8,10-12H2,1-3H3. The second-order valence-corrected chi connectivity index (χ2v) is 7.95. The highest BCUT2D eigenvalue weighted by molar-refractivity contribution is 9.10. The van der Waals surface area contributed by atoms with E-state index in [1.54, 1.807) is 0 Å². The Kier molecular flexibility index (Phi) is 6.13.